The maximum absolute atomic E-state index is 4.42. The lowest BCUT2D eigenvalue weighted by Gasteiger charge is -2.06. The highest BCUT2D eigenvalue weighted by atomic mass is 79.9. The van der Waals surface area contributed by atoms with E-state index in [-0.39, 0.29) is 0 Å². The van der Waals surface area contributed by atoms with Crippen LogP contribution in [0.4, 0.5) is 0 Å². The van der Waals surface area contributed by atoms with Crippen LogP contribution < -0.4 is 0 Å². The Labute approximate surface area is 114 Å². The maximum atomic E-state index is 4.42. The zero-order valence-electron chi connectivity index (χ0n) is 9.97. The van der Waals surface area contributed by atoms with Crippen molar-refractivity contribution in [1.29, 1.82) is 0 Å². The first-order valence-corrected chi connectivity index (χ1v) is 6.44. The largest absolute Gasteiger partial charge is 0.288 e. The van der Waals surface area contributed by atoms with Gasteiger partial charge in [0.25, 0.3) is 0 Å². The lowest BCUT2D eigenvalue weighted by molar-refractivity contribution is 1.06. The molecule has 0 atom stereocenters. The Hall–Kier alpha value is -1.81. The molecular formula is C14H12BrN3. The Kier molecular flexibility index (Phi) is 2.59. The highest BCUT2D eigenvalue weighted by molar-refractivity contribution is 9.10. The van der Waals surface area contributed by atoms with Gasteiger partial charge in [-0.1, -0.05) is 28.6 Å². The molecule has 18 heavy (non-hydrogen) atoms. The van der Waals surface area contributed by atoms with Crippen molar-refractivity contribution in [2.24, 2.45) is 0 Å². The number of fused-ring (bicyclic) bond motifs is 1. The molecule has 0 saturated carbocycles. The predicted molar refractivity (Wildman–Crippen MR) is 77.0 cm³/mol. The Balaban J connectivity index is 2.40. The molecule has 0 bridgehead atoms. The van der Waals surface area contributed by atoms with Gasteiger partial charge in [0, 0.05) is 22.6 Å². The average molecular weight is 302 g/mol. The van der Waals surface area contributed by atoms with Crippen molar-refractivity contribution < 1.29 is 0 Å². The molecule has 2 aromatic heterocycles. The minimum Gasteiger partial charge on any atom is -0.288 e. The number of nitrogens with zero attached hydrogens (tertiary/aromatic N) is 3. The van der Waals surface area contributed by atoms with Gasteiger partial charge in [-0.15, -0.1) is 0 Å². The molecular weight excluding hydrogens is 290 g/mol. The number of halogens is 1. The highest BCUT2D eigenvalue weighted by Crippen LogP contribution is 2.24. The predicted octanol–water partition coefficient (Wildman–Crippen LogP) is 3.84. The lowest BCUT2D eigenvalue weighted by Crippen LogP contribution is -1.97. The molecule has 2 heterocycles. The van der Waals surface area contributed by atoms with Gasteiger partial charge in [-0.05, 0) is 31.2 Å². The summed E-state index contributed by atoms with van der Waals surface area (Å²) in [4.78, 5) is 4.42. The average Bonchev–Trinajstić information content (AvgIpc) is 2.91. The topological polar surface area (TPSA) is 22.2 Å². The Morgan fingerprint density at radius 3 is 2.94 bits per heavy atom. The van der Waals surface area contributed by atoms with Crippen LogP contribution in [-0.4, -0.2) is 14.0 Å². The lowest BCUT2D eigenvalue weighted by atomic mass is 10.3. The van der Waals surface area contributed by atoms with E-state index in [0.717, 1.165) is 27.3 Å². The van der Waals surface area contributed by atoms with Crippen molar-refractivity contribution in [3.63, 3.8) is 0 Å². The molecule has 0 fully saturated rings. The SMILES string of the molecule is C=Cc1c(C)n2ccnc2n1-c1cccc(Br)c1. The van der Waals surface area contributed by atoms with Crippen LogP contribution in [0.1, 0.15) is 11.4 Å². The molecule has 0 N–H and O–H groups in total. The van der Waals surface area contributed by atoms with Crippen LogP contribution in [0, 0.1) is 6.92 Å². The standard InChI is InChI=1S/C14H12BrN3/c1-3-13-10(2)17-8-7-16-14(17)18(13)12-6-4-5-11(15)9-12/h3-9H,1H2,2H3. The summed E-state index contributed by atoms with van der Waals surface area (Å²) in [5.41, 5.74) is 3.28. The first-order chi connectivity index (χ1) is 8.72. The fourth-order valence-corrected chi connectivity index (χ4v) is 2.61. The van der Waals surface area contributed by atoms with E-state index < -0.39 is 0 Å². The highest BCUT2D eigenvalue weighted by Gasteiger charge is 2.14. The summed E-state index contributed by atoms with van der Waals surface area (Å²) in [6.45, 7) is 5.97. The Morgan fingerprint density at radius 2 is 2.22 bits per heavy atom. The van der Waals surface area contributed by atoms with Crippen LogP contribution in [-0.2, 0) is 0 Å². The van der Waals surface area contributed by atoms with E-state index >= 15 is 0 Å². The summed E-state index contributed by atoms with van der Waals surface area (Å²) in [5, 5.41) is 0. The van der Waals surface area contributed by atoms with Crippen molar-refractivity contribution in [2.75, 3.05) is 0 Å². The van der Waals surface area contributed by atoms with Gasteiger partial charge in [0.05, 0.1) is 11.4 Å². The first-order valence-electron chi connectivity index (χ1n) is 5.65. The molecule has 90 valence electrons. The maximum Gasteiger partial charge on any atom is 0.219 e. The summed E-state index contributed by atoms with van der Waals surface area (Å²) in [6.07, 6.45) is 5.64. The number of benzene rings is 1. The molecule has 0 aliphatic carbocycles. The Morgan fingerprint density at radius 1 is 1.39 bits per heavy atom. The second-order valence-corrected chi connectivity index (χ2v) is 5.00. The quantitative estimate of drug-likeness (QED) is 0.705. The number of aryl methyl sites for hydroxylation is 1. The minimum atomic E-state index is 0.903. The van der Waals surface area contributed by atoms with E-state index in [0.29, 0.717) is 0 Å². The third-order valence-corrected chi connectivity index (χ3v) is 3.55. The van der Waals surface area contributed by atoms with Gasteiger partial charge < -0.3 is 0 Å². The van der Waals surface area contributed by atoms with Crippen molar-refractivity contribution in [3.8, 4) is 5.69 Å². The molecule has 0 radical (unpaired) electrons. The summed E-state index contributed by atoms with van der Waals surface area (Å²) >= 11 is 3.50. The fraction of sp³-hybridized carbons (Fsp3) is 0.0714. The minimum absolute atomic E-state index is 0.903. The van der Waals surface area contributed by atoms with Gasteiger partial charge in [0.2, 0.25) is 5.78 Å². The molecule has 4 heteroatoms. The van der Waals surface area contributed by atoms with Gasteiger partial charge in [-0.3, -0.25) is 8.97 Å². The molecule has 3 rings (SSSR count). The monoisotopic (exact) mass is 301 g/mol. The van der Waals surface area contributed by atoms with E-state index in [4.69, 9.17) is 0 Å². The molecule has 0 spiro atoms. The van der Waals surface area contributed by atoms with Crippen molar-refractivity contribution in [1.82, 2.24) is 14.0 Å². The van der Waals surface area contributed by atoms with E-state index in [9.17, 15) is 0 Å². The second kappa shape index (κ2) is 4.14. The van der Waals surface area contributed by atoms with Crippen LogP contribution in [0.5, 0.6) is 0 Å². The molecule has 0 unspecified atom stereocenters. The number of aromatic nitrogens is 3. The zero-order valence-corrected chi connectivity index (χ0v) is 11.6. The van der Waals surface area contributed by atoms with Crippen LogP contribution in [0.15, 0.2) is 47.7 Å². The first kappa shape index (κ1) is 11.3. The molecule has 3 nitrogen and oxygen atoms in total. The number of hydrogen-bond donors (Lipinski definition) is 0. The van der Waals surface area contributed by atoms with Crippen LogP contribution in [0.3, 0.4) is 0 Å². The van der Waals surface area contributed by atoms with Gasteiger partial charge in [-0.25, -0.2) is 4.98 Å². The molecule has 0 amide bonds. The van der Waals surface area contributed by atoms with E-state index in [2.05, 4.69) is 55.5 Å². The van der Waals surface area contributed by atoms with Gasteiger partial charge >= 0.3 is 0 Å². The van der Waals surface area contributed by atoms with Crippen molar-refractivity contribution >= 4 is 27.8 Å². The van der Waals surface area contributed by atoms with E-state index in [1.807, 2.05) is 30.6 Å². The van der Waals surface area contributed by atoms with Crippen molar-refractivity contribution in [3.05, 3.63) is 59.1 Å². The van der Waals surface area contributed by atoms with E-state index in [1.54, 1.807) is 0 Å². The fourth-order valence-electron chi connectivity index (χ4n) is 2.22. The molecule has 0 aliphatic heterocycles. The second-order valence-electron chi connectivity index (χ2n) is 4.09. The third-order valence-electron chi connectivity index (χ3n) is 3.05. The zero-order chi connectivity index (χ0) is 12.7. The number of hydrogen-bond acceptors (Lipinski definition) is 1. The summed E-state index contributed by atoms with van der Waals surface area (Å²) in [7, 11) is 0. The van der Waals surface area contributed by atoms with Gasteiger partial charge in [-0.2, -0.15) is 0 Å². The van der Waals surface area contributed by atoms with Crippen LogP contribution in [0.2, 0.25) is 0 Å². The number of rotatable bonds is 2. The smallest absolute Gasteiger partial charge is 0.219 e. The van der Waals surface area contributed by atoms with Crippen LogP contribution >= 0.6 is 15.9 Å². The van der Waals surface area contributed by atoms with Crippen LogP contribution in [0.25, 0.3) is 17.5 Å². The molecule has 0 saturated heterocycles. The van der Waals surface area contributed by atoms with Crippen molar-refractivity contribution in [2.45, 2.75) is 6.92 Å². The van der Waals surface area contributed by atoms with Gasteiger partial charge in [0.1, 0.15) is 0 Å². The molecule has 3 aromatic rings. The number of imidazole rings is 2. The Bertz CT molecular complexity index is 737. The summed E-state index contributed by atoms with van der Waals surface area (Å²) in [5.74, 6) is 0.903. The molecule has 1 aromatic carbocycles. The van der Waals surface area contributed by atoms with Gasteiger partial charge in [0.15, 0.2) is 0 Å². The molecule has 0 aliphatic rings. The summed E-state index contributed by atoms with van der Waals surface area (Å²) in [6, 6.07) is 8.16. The van der Waals surface area contributed by atoms with E-state index in [1.165, 1.54) is 0 Å². The summed E-state index contributed by atoms with van der Waals surface area (Å²) < 4.78 is 5.22. The third kappa shape index (κ3) is 1.53. The normalized spacial score (nSPS) is 11.0.